The van der Waals surface area contributed by atoms with Gasteiger partial charge >= 0.3 is 0 Å². The predicted molar refractivity (Wildman–Crippen MR) is 65.7 cm³/mol. The van der Waals surface area contributed by atoms with Crippen molar-refractivity contribution in [2.24, 2.45) is 4.36 Å². The van der Waals surface area contributed by atoms with Crippen LogP contribution in [-0.4, -0.2) is 15.7 Å². The third-order valence-corrected chi connectivity index (χ3v) is 5.06. The lowest BCUT2D eigenvalue weighted by atomic mass is 10.2. The highest BCUT2D eigenvalue weighted by atomic mass is 32.2. The molecule has 0 atom stereocenters. The van der Waals surface area contributed by atoms with Crippen LogP contribution in [0.1, 0.15) is 18.4 Å². The van der Waals surface area contributed by atoms with Crippen LogP contribution in [0, 0.1) is 5.82 Å². The van der Waals surface area contributed by atoms with Gasteiger partial charge in [-0.15, -0.1) is 0 Å². The molecule has 1 aromatic carbocycles. The van der Waals surface area contributed by atoms with E-state index in [0.29, 0.717) is 22.8 Å². The highest BCUT2D eigenvalue weighted by molar-refractivity contribution is 7.93. The first-order chi connectivity index (χ1) is 7.64. The van der Waals surface area contributed by atoms with Crippen LogP contribution in [0.3, 0.4) is 0 Å². The van der Waals surface area contributed by atoms with Crippen LogP contribution in [0.25, 0.3) is 6.08 Å². The largest absolute Gasteiger partial charge is 0.249 e. The van der Waals surface area contributed by atoms with Gasteiger partial charge in [-0.2, -0.15) is 4.36 Å². The molecule has 0 unspecified atom stereocenters. The van der Waals surface area contributed by atoms with Crippen LogP contribution >= 0.6 is 0 Å². The maximum absolute atomic E-state index is 13.4. The second kappa shape index (κ2) is 4.37. The third kappa shape index (κ3) is 2.16. The Morgan fingerprint density at radius 1 is 1.38 bits per heavy atom. The Hall–Kier alpha value is -1.16. The van der Waals surface area contributed by atoms with Gasteiger partial charge in [0.1, 0.15) is 5.82 Å². The van der Waals surface area contributed by atoms with E-state index in [-0.39, 0.29) is 5.82 Å². The SMILES string of the molecule is C=Cc1c(F)cccc1N=S1(=O)CCCC1. The Labute approximate surface area is 95.4 Å². The van der Waals surface area contributed by atoms with Crippen LogP contribution < -0.4 is 0 Å². The van der Waals surface area contributed by atoms with Crippen molar-refractivity contribution >= 4 is 21.5 Å². The van der Waals surface area contributed by atoms with Crippen LogP contribution in [-0.2, 0) is 9.73 Å². The molecule has 1 aromatic rings. The summed E-state index contributed by atoms with van der Waals surface area (Å²) < 4.78 is 29.9. The number of rotatable bonds is 2. The summed E-state index contributed by atoms with van der Waals surface area (Å²) in [6.45, 7) is 3.56. The Bertz CT molecular complexity index is 518. The molecule has 1 aliphatic rings. The average Bonchev–Trinajstić information content (AvgIpc) is 2.65. The standard InChI is InChI=1S/C12H14FNOS/c1-2-10-11(13)6-5-7-12(10)14-16(15)8-3-4-9-16/h2,5-7H,1,3-4,8-9H2. The molecule has 0 saturated carbocycles. The quantitative estimate of drug-likeness (QED) is 0.778. The van der Waals surface area contributed by atoms with E-state index in [4.69, 9.17) is 0 Å². The smallest absolute Gasteiger partial charge is 0.132 e. The maximum Gasteiger partial charge on any atom is 0.132 e. The summed E-state index contributed by atoms with van der Waals surface area (Å²) in [6, 6.07) is 4.63. The monoisotopic (exact) mass is 239 g/mol. The molecule has 2 nitrogen and oxygen atoms in total. The van der Waals surface area contributed by atoms with E-state index in [1.807, 2.05) is 0 Å². The average molecular weight is 239 g/mol. The number of hydrogen-bond donors (Lipinski definition) is 0. The van der Waals surface area contributed by atoms with E-state index in [2.05, 4.69) is 10.9 Å². The Balaban J connectivity index is 2.53. The minimum Gasteiger partial charge on any atom is -0.249 e. The molecule has 0 bridgehead atoms. The molecule has 0 aliphatic carbocycles. The first-order valence-electron chi connectivity index (χ1n) is 5.28. The number of benzene rings is 1. The molecule has 1 aliphatic heterocycles. The Morgan fingerprint density at radius 3 is 2.69 bits per heavy atom. The van der Waals surface area contributed by atoms with E-state index in [0.717, 1.165) is 12.8 Å². The highest BCUT2D eigenvalue weighted by Gasteiger charge is 2.17. The summed E-state index contributed by atoms with van der Waals surface area (Å²) in [4.78, 5) is 0. The minimum atomic E-state index is -2.15. The summed E-state index contributed by atoms with van der Waals surface area (Å²) in [5, 5.41) is 0. The summed E-state index contributed by atoms with van der Waals surface area (Å²) in [5.74, 6) is 0.887. The molecule has 4 heteroatoms. The summed E-state index contributed by atoms with van der Waals surface area (Å²) in [5.41, 5.74) is 0.805. The number of halogens is 1. The van der Waals surface area contributed by atoms with Gasteiger partial charge in [0, 0.05) is 17.1 Å². The van der Waals surface area contributed by atoms with Crippen molar-refractivity contribution in [2.75, 3.05) is 11.5 Å². The first kappa shape index (κ1) is 11.3. The van der Waals surface area contributed by atoms with E-state index in [1.165, 1.54) is 12.1 Å². The van der Waals surface area contributed by atoms with Crippen molar-refractivity contribution in [1.82, 2.24) is 0 Å². The van der Waals surface area contributed by atoms with Gasteiger partial charge in [-0.05, 0) is 25.0 Å². The van der Waals surface area contributed by atoms with Crippen molar-refractivity contribution < 1.29 is 8.60 Å². The predicted octanol–water partition coefficient (Wildman–Crippen LogP) is 3.36. The second-order valence-electron chi connectivity index (χ2n) is 3.86. The number of nitrogens with zero attached hydrogens (tertiary/aromatic N) is 1. The van der Waals surface area contributed by atoms with Crippen LogP contribution in [0.5, 0.6) is 0 Å². The van der Waals surface area contributed by atoms with Crippen LogP contribution in [0.2, 0.25) is 0 Å². The normalized spacial score (nSPS) is 18.3. The number of hydrogen-bond acceptors (Lipinski definition) is 2. The van der Waals surface area contributed by atoms with Crippen LogP contribution in [0.15, 0.2) is 29.1 Å². The highest BCUT2D eigenvalue weighted by Crippen LogP contribution is 2.27. The molecule has 1 heterocycles. The molecule has 0 amide bonds. The van der Waals surface area contributed by atoms with Gasteiger partial charge in [0.25, 0.3) is 0 Å². The fourth-order valence-electron chi connectivity index (χ4n) is 1.84. The molecule has 0 spiro atoms. The van der Waals surface area contributed by atoms with Gasteiger partial charge in [-0.3, -0.25) is 0 Å². The molecule has 0 N–H and O–H groups in total. The molecule has 16 heavy (non-hydrogen) atoms. The fourth-order valence-corrected chi connectivity index (χ4v) is 4.05. The van der Waals surface area contributed by atoms with E-state index in [9.17, 15) is 8.60 Å². The zero-order valence-electron chi connectivity index (χ0n) is 8.99. The maximum atomic E-state index is 13.4. The lowest BCUT2D eigenvalue weighted by Gasteiger charge is -2.04. The minimum absolute atomic E-state index is 0.345. The van der Waals surface area contributed by atoms with Gasteiger partial charge in [0.05, 0.1) is 15.4 Å². The topological polar surface area (TPSA) is 29.4 Å². The van der Waals surface area contributed by atoms with Gasteiger partial charge < -0.3 is 0 Å². The fraction of sp³-hybridized carbons (Fsp3) is 0.333. The first-order valence-corrected chi connectivity index (χ1v) is 7.13. The third-order valence-electron chi connectivity index (χ3n) is 2.68. The zero-order chi connectivity index (χ0) is 11.6. The Kier molecular flexibility index (Phi) is 3.10. The lowest BCUT2D eigenvalue weighted by molar-refractivity contribution is 0.625. The molecule has 1 saturated heterocycles. The molecular formula is C12H14FNOS. The van der Waals surface area contributed by atoms with Gasteiger partial charge in [-0.1, -0.05) is 18.7 Å². The van der Waals surface area contributed by atoms with E-state index < -0.39 is 9.73 Å². The van der Waals surface area contributed by atoms with Gasteiger partial charge in [-0.25, -0.2) is 8.60 Å². The summed E-state index contributed by atoms with van der Waals surface area (Å²) in [6.07, 6.45) is 3.31. The Morgan fingerprint density at radius 2 is 2.06 bits per heavy atom. The second-order valence-corrected chi connectivity index (χ2v) is 6.40. The summed E-state index contributed by atoms with van der Waals surface area (Å²) in [7, 11) is -2.15. The van der Waals surface area contributed by atoms with Crippen molar-refractivity contribution in [3.05, 3.63) is 36.2 Å². The summed E-state index contributed by atoms with van der Waals surface area (Å²) >= 11 is 0. The lowest BCUT2D eigenvalue weighted by Crippen LogP contribution is -2.00. The molecule has 86 valence electrons. The zero-order valence-corrected chi connectivity index (χ0v) is 9.80. The molecule has 2 rings (SSSR count). The van der Waals surface area contributed by atoms with Gasteiger partial charge in [0.15, 0.2) is 0 Å². The van der Waals surface area contributed by atoms with Crippen molar-refractivity contribution in [3.8, 4) is 0 Å². The van der Waals surface area contributed by atoms with Crippen LogP contribution in [0.4, 0.5) is 10.1 Å². The molecule has 0 radical (unpaired) electrons. The van der Waals surface area contributed by atoms with Crippen molar-refractivity contribution in [3.63, 3.8) is 0 Å². The van der Waals surface area contributed by atoms with E-state index >= 15 is 0 Å². The van der Waals surface area contributed by atoms with Crippen molar-refractivity contribution in [2.45, 2.75) is 12.8 Å². The molecular weight excluding hydrogens is 225 g/mol. The molecule has 0 aromatic heterocycles. The molecule has 1 fully saturated rings. The van der Waals surface area contributed by atoms with E-state index in [1.54, 1.807) is 12.1 Å². The van der Waals surface area contributed by atoms with Gasteiger partial charge in [0.2, 0.25) is 0 Å². The van der Waals surface area contributed by atoms with Crippen molar-refractivity contribution in [1.29, 1.82) is 0 Å².